The van der Waals surface area contributed by atoms with Crippen LogP contribution in [0.4, 0.5) is 4.79 Å². The molecule has 27 heavy (non-hydrogen) atoms. The molecule has 7 heteroatoms. The molecule has 7 nitrogen and oxygen atoms in total. The molecule has 0 aromatic heterocycles. The predicted molar refractivity (Wildman–Crippen MR) is 103 cm³/mol. The van der Waals surface area contributed by atoms with E-state index in [0.29, 0.717) is 24.7 Å². The van der Waals surface area contributed by atoms with Gasteiger partial charge < -0.3 is 15.5 Å². The molecule has 4 atom stereocenters. The SMILES string of the molecule is CC1CC(C)CN(CC(C)NC(=O)C(C)N2C(=O)NC3(CCCC3)C2=O)C1. The Labute approximate surface area is 162 Å². The number of nitrogens with zero attached hydrogens (tertiary/aromatic N) is 2. The number of amides is 4. The molecule has 1 aliphatic carbocycles. The monoisotopic (exact) mass is 378 g/mol. The van der Waals surface area contributed by atoms with Crippen LogP contribution < -0.4 is 10.6 Å². The molecule has 1 saturated carbocycles. The van der Waals surface area contributed by atoms with E-state index in [-0.39, 0.29) is 17.9 Å². The van der Waals surface area contributed by atoms with Crippen LogP contribution >= 0.6 is 0 Å². The van der Waals surface area contributed by atoms with Gasteiger partial charge in [-0.3, -0.25) is 9.59 Å². The van der Waals surface area contributed by atoms with Crippen LogP contribution in [-0.2, 0) is 9.59 Å². The van der Waals surface area contributed by atoms with E-state index in [1.807, 2.05) is 6.92 Å². The summed E-state index contributed by atoms with van der Waals surface area (Å²) in [7, 11) is 0. The first-order valence-electron chi connectivity index (χ1n) is 10.4. The van der Waals surface area contributed by atoms with E-state index >= 15 is 0 Å². The van der Waals surface area contributed by atoms with Gasteiger partial charge in [0.2, 0.25) is 5.91 Å². The average Bonchev–Trinajstić information content (AvgIpc) is 3.11. The number of imide groups is 1. The highest BCUT2D eigenvalue weighted by atomic mass is 16.2. The molecule has 152 valence electrons. The molecule has 4 unspecified atom stereocenters. The first-order valence-corrected chi connectivity index (χ1v) is 10.4. The van der Waals surface area contributed by atoms with Gasteiger partial charge in [-0.1, -0.05) is 26.7 Å². The van der Waals surface area contributed by atoms with Crippen molar-refractivity contribution in [2.75, 3.05) is 19.6 Å². The third-order valence-corrected chi connectivity index (χ3v) is 6.28. The molecule has 3 aliphatic rings. The number of piperidine rings is 1. The van der Waals surface area contributed by atoms with Gasteiger partial charge in [0.25, 0.3) is 5.91 Å². The van der Waals surface area contributed by atoms with Crippen molar-refractivity contribution in [3.05, 3.63) is 0 Å². The molecule has 2 heterocycles. The number of carbonyl (C=O) groups is 3. The lowest BCUT2D eigenvalue weighted by atomic mass is 9.92. The molecule has 2 saturated heterocycles. The Morgan fingerprint density at radius 3 is 2.37 bits per heavy atom. The van der Waals surface area contributed by atoms with Crippen LogP contribution in [0.2, 0.25) is 0 Å². The van der Waals surface area contributed by atoms with Crippen LogP contribution in [0.1, 0.15) is 59.8 Å². The van der Waals surface area contributed by atoms with Crippen molar-refractivity contribution in [1.29, 1.82) is 0 Å². The molecule has 0 radical (unpaired) electrons. The molecule has 4 amide bonds. The minimum atomic E-state index is -0.792. The van der Waals surface area contributed by atoms with Crippen LogP contribution in [0, 0.1) is 11.8 Å². The Morgan fingerprint density at radius 2 is 1.78 bits per heavy atom. The molecule has 0 bridgehead atoms. The highest BCUT2D eigenvalue weighted by Gasteiger charge is 2.54. The third-order valence-electron chi connectivity index (χ3n) is 6.28. The van der Waals surface area contributed by atoms with Gasteiger partial charge in [0, 0.05) is 25.7 Å². The maximum atomic E-state index is 12.8. The van der Waals surface area contributed by atoms with Crippen molar-refractivity contribution in [3.63, 3.8) is 0 Å². The smallest absolute Gasteiger partial charge is 0.325 e. The second-order valence-electron chi connectivity index (χ2n) is 9.14. The maximum Gasteiger partial charge on any atom is 0.325 e. The number of carbonyl (C=O) groups excluding carboxylic acids is 3. The lowest BCUT2D eigenvalue weighted by molar-refractivity contribution is -0.138. The van der Waals surface area contributed by atoms with Gasteiger partial charge in [-0.2, -0.15) is 0 Å². The van der Waals surface area contributed by atoms with Gasteiger partial charge in [-0.15, -0.1) is 0 Å². The van der Waals surface area contributed by atoms with E-state index in [1.165, 1.54) is 6.42 Å². The van der Waals surface area contributed by atoms with Crippen LogP contribution in [0.3, 0.4) is 0 Å². The van der Waals surface area contributed by atoms with Crippen molar-refractivity contribution < 1.29 is 14.4 Å². The van der Waals surface area contributed by atoms with E-state index in [2.05, 4.69) is 29.4 Å². The van der Waals surface area contributed by atoms with Crippen LogP contribution in [0.25, 0.3) is 0 Å². The fourth-order valence-corrected chi connectivity index (χ4v) is 5.17. The Bertz CT molecular complexity index is 592. The van der Waals surface area contributed by atoms with Crippen molar-refractivity contribution in [1.82, 2.24) is 20.4 Å². The van der Waals surface area contributed by atoms with E-state index in [4.69, 9.17) is 0 Å². The molecule has 2 N–H and O–H groups in total. The molecular formula is C20H34N4O3. The highest BCUT2D eigenvalue weighted by Crippen LogP contribution is 2.35. The summed E-state index contributed by atoms with van der Waals surface area (Å²) in [5, 5.41) is 5.84. The van der Waals surface area contributed by atoms with Crippen molar-refractivity contribution in [2.45, 2.75) is 77.4 Å². The maximum absolute atomic E-state index is 12.8. The molecule has 3 fully saturated rings. The number of rotatable bonds is 5. The molecule has 0 aromatic rings. The van der Waals surface area contributed by atoms with Crippen LogP contribution in [-0.4, -0.2) is 64.9 Å². The second kappa shape index (κ2) is 7.78. The minimum Gasteiger partial charge on any atom is -0.351 e. The average molecular weight is 379 g/mol. The van der Waals surface area contributed by atoms with Gasteiger partial charge >= 0.3 is 6.03 Å². The van der Waals surface area contributed by atoms with Gasteiger partial charge in [0.1, 0.15) is 11.6 Å². The third kappa shape index (κ3) is 4.13. The van der Waals surface area contributed by atoms with E-state index in [9.17, 15) is 14.4 Å². The Morgan fingerprint density at radius 1 is 1.19 bits per heavy atom. The summed E-state index contributed by atoms with van der Waals surface area (Å²) in [4.78, 5) is 41.4. The zero-order valence-electron chi connectivity index (χ0n) is 17.1. The minimum absolute atomic E-state index is 0.0290. The number of urea groups is 1. The first kappa shape index (κ1) is 20.1. The summed E-state index contributed by atoms with van der Waals surface area (Å²) in [6, 6.07) is -1.26. The first-order chi connectivity index (χ1) is 12.7. The zero-order valence-corrected chi connectivity index (χ0v) is 17.1. The topological polar surface area (TPSA) is 81.8 Å². The van der Waals surface area contributed by atoms with Crippen molar-refractivity contribution in [2.24, 2.45) is 11.8 Å². The van der Waals surface area contributed by atoms with Gasteiger partial charge in [0.05, 0.1) is 0 Å². The predicted octanol–water partition coefficient (Wildman–Crippen LogP) is 1.72. The Kier molecular flexibility index (Phi) is 5.79. The molecule has 2 aliphatic heterocycles. The fraction of sp³-hybridized carbons (Fsp3) is 0.850. The highest BCUT2D eigenvalue weighted by molar-refractivity contribution is 6.09. The number of nitrogens with one attached hydrogen (secondary N) is 2. The zero-order chi connectivity index (χ0) is 19.8. The molecule has 3 rings (SSSR count). The summed E-state index contributed by atoms with van der Waals surface area (Å²) < 4.78 is 0. The number of likely N-dealkylation sites (tertiary alicyclic amines) is 1. The van der Waals surface area contributed by atoms with Crippen LogP contribution in [0.5, 0.6) is 0 Å². The summed E-state index contributed by atoms with van der Waals surface area (Å²) in [6.45, 7) is 11.1. The van der Waals surface area contributed by atoms with Crippen LogP contribution in [0.15, 0.2) is 0 Å². The Balaban J connectivity index is 1.55. The lowest BCUT2D eigenvalue weighted by Crippen LogP contribution is -2.53. The van der Waals surface area contributed by atoms with E-state index in [1.54, 1.807) is 6.92 Å². The summed E-state index contributed by atoms with van der Waals surface area (Å²) in [6.07, 6.45) is 4.46. The largest absolute Gasteiger partial charge is 0.351 e. The van der Waals surface area contributed by atoms with E-state index < -0.39 is 17.6 Å². The fourth-order valence-electron chi connectivity index (χ4n) is 5.17. The van der Waals surface area contributed by atoms with E-state index in [0.717, 1.165) is 37.4 Å². The normalized spacial score (nSPS) is 30.4. The number of hydrogen-bond donors (Lipinski definition) is 2. The lowest BCUT2D eigenvalue weighted by Gasteiger charge is -2.36. The molecule has 1 spiro atoms. The van der Waals surface area contributed by atoms with Gasteiger partial charge in [-0.05, 0) is 44.9 Å². The standard InChI is InChI=1S/C20H34N4O3/c1-13-9-14(2)11-23(10-13)12-15(3)21-17(25)16(4)24-18(26)20(22-19(24)27)7-5-6-8-20/h13-16H,5-12H2,1-4H3,(H,21,25)(H,22,27). The van der Waals surface area contributed by atoms with Crippen molar-refractivity contribution >= 4 is 17.8 Å². The summed E-state index contributed by atoms with van der Waals surface area (Å²) in [5.74, 6) is 0.839. The van der Waals surface area contributed by atoms with Gasteiger partial charge in [0.15, 0.2) is 0 Å². The van der Waals surface area contributed by atoms with Crippen molar-refractivity contribution in [3.8, 4) is 0 Å². The van der Waals surface area contributed by atoms with Gasteiger partial charge in [-0.25, -0.2) is 9.69 Å². The summed E-state index contributed by atoms with van der Waals surface area (Å²) >= 11 is 0. The molecular weight excluding hydrogens is 344 g/mol. The quantitative estimate of drug-likeness (QED) is 0.714. The summed E-state index contributed by atoms with van der Waals surface area (Å²) in [5.41, 5.74) is -0.767. The Hall–Kier alpha value is -1.63. The second-order valence-corrected chi connectivity index (χ2v) is 9.14. The molecule has 0 aromatic carbocycles. The number of hydrogen-bond acceptors (Lipinski definition) is 4.